The smallest absolute Gasteiger partial charge is 0.217 e. The van der Waals surface area contributed by atoms with Crippen LogP contribution in [0.1, 0.15) is 46.0 Å². The number of carbonyl (C=O) groups excluding carboxylic acids is 1. The molecule has 3 saturated heterocycles. The topological polar surface area (TPSA) is 78.6 Å². The molecule has 3 fully saturated rings. The molecule has 0 aromatic heterocycles. The third kappa shape index (κ3) is 5.26. The first-order chi connectivity index (χ1) is 15.0. The minimum atomic E-state index is -2.18. The molecule has 3 aliphatic heterocycles. The van der Waals surface area contributed by atoms with E-state index in [-0.39, 0.29) is 47.5 Å². The summed E-state index contributed by atoms with van der Waals surface area (Å²) in [5, 5.41) is 3.15. The number of fused-ring (bicyclic) bond motifs is 1. The third-order valence-electron chi connectivity index (χ3n) is 7.06. The molecule has 7 nitrogen and oxygen atoms in total. The Kier molecular flexibility index (Phi) is 6.82. The summed E-state index contributed by atoms with van der Waals surface area (Å²) in [6.45, 7) is 13.8. The maximum atomic E-state index is 12.2. The molecule has 1 amide bonds. The molecule has 1 unspecified atom stereocenters. The highest BCUT2D eigenvalue weighted by Crippen LogP contribution is 2.42. The molecule has 1 aromatic rings. The predicted molar refractivity (Wildman–Crippen MR) is 123 cm³/mol. The largest absolute Gasteiger partial charge is 0.409 e. The van der Waals surface area contributed by atoms with Crippen molar-refractivity contribution >= 4 is 14.2 Å². The average Bonchev–Trinajstić information content (AvgIpc) is 3.53. The van der Waals surface area contributed by atoms with Crippen LogP contribution in [0.3, 0.4) is 0 Å². The monoisotopic (exact) mass is 463 g/mol. The van der Waals surface area contributed by atoms with Crippen molar-refractivity contribution in [2.75, 3.05) is 13.2 Å². The lowest BCUT2D eigenvalue weighted by Crippen LogP contribution is -2.69. The number of rotatable bonds is 6. The van der Waals surface area contributed by atoms with Crippen molar-refractivity contribution in [3.63, 3.8) is 0 Å². The van der Waals surface area contributed by atoms with Gasteiger partial charge in [0.1, 0.15) is 12.2 Å². The first-order valence-corrected chi connectivity index (χ1v) is 14.5. The van der Waals surface area contributed by atoms with E-state index in [1.807, 2.05) is 30.3 Å². The fourth-order valence-corrected chi connectivity index (χ4v) is 5.51. The van der Waals surface area contributed by atoms with E-state index in [2.05, 4.69) is 39.2 Å². The molecule has 3 aliphatic rings. The summed E-state index contributed by atoms with van der Waals surface area (Å²) >= 11 is 0. The predicted octanol–water partition coefficient (Wildman–Crippen LogP) is 3.55. The number of ether oxygens (including phenoxy) is 4. The van der Waals surface area contributed by atoms with Crippen LogP contribution in [0.2, 0.25) is 18.1 Å². The van der Waals surface area contributed by atoms with Gasteiger partial charge in [0, 0.05) is 18.9 Å². The van der Waals surface area contributed by atoms with Crippen LogP contribution in [0, 0.1) is 0 Å². The van der Waals surface area contributed by atoms with Gasteiger partial charge in [-0.2, -0.15) is 0 Å². The minimum Gasteiger partial charge on any atom is -0.409 e. The van der Waals surface area contributed by atoms with Gasteiger partial charge in [-0.25, -0.2) is 0 Å². The molecule has 1 aromatic carbocycles. The number of epoxide rings is 1. The van der Waals surface area contributed by atoms with Crippen molar-refractivity contribution in [2.24, 2.45) is 0 Å². The Hall–Kier alpha value is -1.29. The second-order valence-corrected chi connectivity index (χ2v) is 15.4. The summed E-state index contributed by atoms with van der Waals surface area (Å²) < 4.78 is 31.5. The first kappa shape index (κ1) is 23.9. The van der Waals surface area contributed by atoms with Crippen LogP contribution in [-0.4, -0.2) is 64.0 Å². The minimum absolute atomic E-state index is 0.0146. The molecule has 4 rings (SSSR count). The normalized spacial score (nSPS) is 35.1. The summed E-state index contributed by atoms with van der Waals surface area (Å²) in [4.78, 5) is 12.2. The molecular formula is C24H37NO6Si. The SMILES string of the molecule is CC(=O)N[C@@H]1[C@@H](O[Si](C)(C)C(C)(C)C)[C@@H]2O[C@H](c3ccccc3)OC[C@H]2O[C@@H]1CC1CO1. The number of carbonyl (C=O) groups is 1. The van der Waals surface area contributed by atoms with Crippen molar-refractivity contribution in [3.8, 4) is 0 Å². The van der Waals surface area contributed by atoms with Crippen LogP contribution < -0.4 is 5.32 Å². The van der Waals surface area contributed by atoms with Crippen molar-refractivity contribution in [3.05, 3.63) is 35.9 Å². The molecular weight excluding hydrogens is 426 g/mol. The Balaban J connectivity index is 1.65. The van der Waals surface area contributed by atoms with Crippen molar-refractivity contribution < 1.29 is 28.2 Å². The van der Waals surface area contributed by atoms with Crippen LogP contribution in [0.15, 0.2) is 30.3 Å². The lowest BCUT2D eigenvalue weighted by molar-refractivity contribution is -0.313. The summed E-state index contributed by atoms with van der Waals surface area (Å²) in [7, 11) is -2.18. The molecule has 8 heteroatoms. The van der Waals surface area contributed by atoms with Gasteiger partial charge in [0.25, 0.3) is 0 Å². The Morgan fingerprint density at radius 2 is 1.81 bits per heavy atom. The van der Waals surface area contributed by atoms with Gasteiger partial charge in [-0.3, -0.25) is 4.79 Å². The van der Waals surface area contributed by atoms with E-state index < -0.39 is 14.6 Å². The highest BCUT2D eigenvalue weighted by Gasteiger charge is 2.54. The van der Waals surface area contributed by atoms with Crippen LogP contribution in [0.4, 0.5) is 0 Å². The van der Waals surface area contributed by atoms with E-state index in [1.54, 1.807) is 0 Å². The van der Waals surface area contributed by atoms with E-state index in [0.29, 0.717) is 13.0 Å². The van der Waals surface area contributed by atoms with Crippen LogP contribution >= 0.6 is 0 Å². The fourth-order valence-electron chi connectivity index (χ4n) is 4.19. The highest BCUT2D eigenvalue weighted by molar-refractivity contribution is 6.74. The van der Waals surface area contributed by atoms with Gasteiger partial charge in [-0.05, 0) is 18.1 Å². The number of nitrogens with one attached hydrogen (secondary N) is 1. The Morgan fingerprint density at radius 1 is 1.12 bits per heavy atom. The first-order valence-electron chi connectivity index (χ1n) is 11.6. The standard InChI is InChI=1S/C24H37NO6Si/c1-15(26)25-20-18(12-17-13-27-17)29-19-14-28-23(16-10-8-7-9-11-16)30-21(19)22(20)31-32(5,6)24(2,3)4/h7-11,17-23H,12-14H2,1-6H3,(H,25,26)/t17?,18-,19-,20+,21-,22-,23-/m1/s1. The van der Waals surface area contributed by atoms with E-state index in [9.17, 15) is 4.79 Å². The molecule has 3 heterocycles. The van der Waals surface area contributed by atoms with Gasteiger partial charge >= 0.3 is 0 Å². The maximum absolute atomic E-state index is 12.2. The molecule has 178 valence electrons. The van der Waals surface area contributed by atoms with Crippen LogP contribution in [0.25, 0.3) is 0 Å². The zero-order valence-corrected chi connectivity index (χ0v) is 21.0. The Morgan fingerprint density at radius 3 is 2.41 bits per heavy atom. The maximum Gasteiger partial charge on any atom is 0.217 e. The lowest BCUT2D eigenvalue weighted by Gasteiger charge is -2.52. The highest BCUT2D eigenvalue weighted by atomic mass is 28.4. The quantitative estimate of drug-likeness (QED) is 0.513. The number of benzene rings is 1. The van der Waals surface area contributed by atoms with Crippen molar-refractivity contribution in [1.82, 2.24) is 5.32 Å². The zero-order valence-electron chi connectivity index (χ0n) is 20.0. The number of amides is 1. The van der Waals surface area contributed by atoms with Gasteiger partial charge in [-0.15, -0.1) is 0 Å². The summed E-state index contributed by atoms with van der Waals surface area (Å²) in [5.41, 5.74) is 0.960. The third-order valence-corrected chi connectivity index (χ3v) is 11.5. The molecule has 0 saturated carbocycles. The van der Waals surface area contributed by atoms with Gasteiger partial charge in [0.2, 0.25) is 5.91 Å². The lowest BCUT2D eigenvalue weighted by atomic mass is 9.89. The molecule has 32 heavy (non-hydrogen) atoms. The van der Waals surface area contributed by atoms with E-state index in [1.165, 1.54) is 6.92 Å². The fraction of sp³-hybridized carbons (Fsp3) is 0.708. The van der Waals surface area contributed by atoms with E-state index in [0.717, 1.165) is 12.2 Å². The van der Waals surface area contributed by atoms with E-state index in [4.69, 9.17) is 23.4 Å². The summed E-state index contributed by atoms with van der Waals surface area (Å²) in [6.07, 6.45) is -0.778. The van der Waals surface area contributed by atoms with Gasteiger partial charge in [-0.1, -0.05) is 51.1 Å². The van der Waals surface area contributed by atoms with Crippen LogP contribution in [0.5, 0.6) is 0 Å². The zero-order chi connectivity index (χ0) is 23.1. The van der Waals surface area contributed by atoms with E-state index >= 15 is 0 Å². The molecule has 0 radical (unpaired) electrons. The van der Waals surface area contributed by atoms with Gasteiger partial charge < -0.3 is 28.7 Å². The molecule has 1 N–H and O–H groups in total. The number of hydrogen-bond acceptors (Lipinski definition) is 6. The second kappa shape index (κ2) is 9.16. The van der Waals surface area contributed by atoms with Crippen LogP contribution in [-0.2, 0) is 28.2 Å². The van der Waals surface area contributed by atoms with Crippen molar-refractivity contribution in [1.29, 1.82) is 0 Å². The molecule has 0 spiro atoms. The molecule has 7 atom stereocenters. The summed E-state index contributed by atoms with van der Waals surface area (Å²) in [5.74, 6) is -0.103. The van der Waals surface area contributed by atoms with Crippen molar-refractivity contribution in [2.45, 2.75) is 95.1 Å². The molecule has 0 aliphatic carbocycles. The van der Waals surface area contributed by atoms with Gasteiger partial charge in [0.05, 0.1) is 37.6 Å². The molecule has 0 bridgehead atoms. The van der Waals surface area contributed by atoms with Gasteiger partial charge in [0.15, 0.2) is 14.6 Å². The Bertz CT molecular complexity index is 793. The summed E-state index contributed by atoms with van der Waals surface area (Å²) in [6, 6.07) is 9.59. The average molecular weight is 464 g/mol. The number of hydrogen-bond donors (Lipinski definition) is 1. The Labute approximate surface area is 192 Å². The second-order valence-electron chi connectivity index (χ2n) is 10.6.